The molecule has 0 saturated heterocycles. The van der Waals surface area contributed by atoms with E-state index in [9.17, 15) is 4.79 Å². The maximum absolute atomic E-state index is 11.9. The third-order valence-electron chi connectivity index (χ3n) is 2.51. The van der Waals surface area contributed by atoms with Crippen LogP contribution in [0.1, 0.15) is 27.0 Å². The van der Waals surface area contributed by atoms with Gasteiger partial charge in [-0.3, -0.25) is 4.79 Å². The van der Waals surface area contributed by atoms with Crippen molar-refractivity contribution in [2.24, 2.45) is 0 Å². The van der Waals surface area contributed by atoms with Crippen LogP contribution < -0.4 is 5.32 Å². The number of amides is 1. The van der Waals surface area contributed by atoms with Gasteiger partial charge in [-0.2, -0.15) is 11.3 Å². The average Bonchev–Trinajstić information content (AvgIpc) is 3.01. The number of aryl methyl sites for hydroxylation is 1. The lowest BCUT2D eigenvalue weighted by Crippen LogP contribution is -2.28. The SMILES string of the molecule is CO[C@H](CNC(=O)c1snnc1C)c1ccsc1. The molecule has 0 unspecified atom stereocenters. The van der Waals surface area contributed by atoms with Crippen molar-refractivity contribution in [1.29, 1.82) is 0 Å². The van der Waals surface area contributed by atoms with Crippen molar-refractivity contribution in [1.82, 2.24) is 14.9 Å². The van der Waals surface area contributed by atoms with Gasteiger partial charge < -0.3 is 10.1 Å². The van der Waals surface area contributed by atoms with Gasteiger partial charge in [-0.15, -0.1) is 5.10 Å². The molecule has 1 atom stereocenters. The lowest BCUT2D eigenvalue weighted by Gasteiger charge is -2.14. The van der Waals surface area contributed by atoms with Crippen molar-refractivity contribution in [2.45, 2.75) is 13.0 Å². The number of hydrogen-bond donors (Lipinski definition) is 1. The van der Waals surface area contributed by atoms with Crippen LogP contribution in [-0.4, -0.2) is 29.1 Å². The van der Waals surface area contributed by atoms with Gasteiger partial charge in [-0.25, -0.2) is 0 Å². The standard InChI is InChI=1S/C11H13N3O2S2/c1-7-10(18-14-13-7)11(15)12-5-9(16-2)8-3-4-17-6-8/h3-4,6,9H,5H2,1-2H3,(H,12,15)/t9-/m1/s1. The van der Waals surface area contributed by atoms with Crippen LogP contribution in [0.4, 0.5) is 0 Å². The van der Waals surface area contributed by atoms with E-state index >= 15 is 0 Å². The minimum atomic E-state index is -0.153. The number of nitrogens with zero attached hydrogens (tertiary/aromatic N) is 2. The van der Waals surface area contributed by atoms with Gasteiger partial charge in [0.1, 0.15) is 11.0 Å². The molecule has 96 valence electrons. The Morgan fingerprint density at radius 1 is 1.61 bits per heavy atom. The van der Waals surface area contributed by atoms with Crippen LogP contribution in [0.25, 0.3) is 0 Å². The number of methoxy groups -OCH3 is 1. The van der Waals surface area contributed by atoms with E-state index in [4.69, 9.17) is 4.74 Å². The summed E-state index contributed by atoms with van der Waals surface area (Å²) in [5, 5.41) is 10.6. The molecule has 0 aliphatic heterocycles. The minimum absolute atomic E-state index is 0.124. The van der Waals surface area contributed by atoms with Crippen LogP contribution in [0.2, 0.25) is 0 Å². The number of rotatable bonds is 5. The van der Waals surface area contributed by atoms with Crippen molar-refractivity contribution in [3.05, 3.63) is 33.0 Å². The molecule has 5 nitrogen and oxygen atoms in total. The second kappa shape index (κ2) is 6.03. The Balaban J connectivity index is 1.95. The maximum atomic E-state index is 11.9. The Morgan fingerprint density at radius 2 is 2.44 bits per heavy atom. The Hall–Kier alpha value is -1.31. The molecule has 0 fully saturated rings. The predicted molar refractivity (Wildman–Crippen MR) is 71.0 cm³/mol. The fourth-order valence-corrected chi connectivity index (χ4v) is 2.78. The van der Waals surface area contributed by atoms with Crippen LogP contribution in [-0.2, 0) is 4.74 Å². The van der Waals surface area contributed by atoms with Gasteiger partial charge in [-0.05, 0) is 40.8 Å². The predicted octanol–water partition coefficient (Wildman–Crippen LogP) is 2.03. The van der Waals surface area contributed by atoms with Crippen molar-refractivity contribution < 1.29 is 9.53 Å². The molecule has 0 spiro atoms. The first-order valence-corrected chi connectivity index (χ1v) is 7.06. The second-order valence-corrected chi connectivity index (χ2v) is 5.21. The summed E-state index contributed by atoms with van der Waals surface area (Å²) in [5.74, 6) is -0.153. The lowest BCUT2D eigenvalue weighted by molar-refractivity contribution is 0.0831. The number of aromatic nitrogens is 2. The molecular weight excluding hydrogens is 270 g/mol. The molecule has 0 radical (unpaired) electrons. The highest BCUT2D eigenvalue weighted by Gasteiger charge is 2.16. The Bertz CT molecular complexity index is 510. The zero-order chi connectivity index (χ0) is 13.0. The average molecular weight is 283 g/mol. The molecule has 0 aliphatic carbocycles. The highest BCUT2D eigenvalue weighted by atomic mass is 32.1. The van der Waals surface area contributed by atoms with E-state index in [-0.39, 0.29) is 12.0 Å². The number of ether oxygens (including phenoxy) is 1. The number of nitrogens with one attached hydrogen (secondary N) is 1. The molecule has 2 heterocycles. The van der Waals surface area contributed by atoms with Gasteiger partial charge in [0.15, 0.2) is 0 Å². The summed E-state index contributed by atoms with van der Waals surface area (Å²) in [4.78, 5) is 12.4. The maximum Gasteiger partial charge on any atom is 0.265 e. The number of carbonyl (C=O) groups excluding carboxylic acids is 1. The van der Waals surface area contributed by atoms with E-state index in [1.54, 1.807) is 25.4 Å². The molecular formula is C11H13N3O2S2. The van der Waals surface area contributed by atoms with Crippen LogP contribution in [0, 0.1) is 6.92 Å². The Morgan fingerprint density at radius 3 is 3.00 bits per heavy atom. The number of carbonyl (C=O) groups is 1. The smallest absolute Gasteiger partial charge is 0.265 e. The number of thiophene rings is 1. The molecule has 1 amide bonds. The quantitative estimate of drug-likeness (QED) is 0.912. The molecule has 2 rings (SSSR count). The summed E-state index contributed by atoms with van der Waals surface area (Å²) in [6.07, 6.45) is -0.124. The van der Waals surface area contributed by atoms with Gasteiger partial charge in [0.2, 0.25) is 0 Å². The fourth-order valence-electron chi connectivity index (χ4n) is 1.50. The van der Waals surface area contributed by atoms with Gasteiger partial charge in [0, 0.05) is 13.7 Å². The highest BCUT2D eigenvalue weighted by molar-refractivity contribution is 7.08. The zero-order valence-electron chi connectivity index (χ0n) is 10.0. The van der Waals surface area contributed by atoms with Gasteiger partial charge >= 0.3 is 0 Å². The molecule has 0 bridgehead atoms. The van der Waals surface area contributed by atoms with E-state index in [0.29, 0.717) is 17.1 Å². The molecule has 2 aromatic heterocycles. The topological polar surface area (TPSA) is 64.1 Å². The summed E-state index contributed by atoms with van der Waals surface area (Å²) < 4.78 is 9.10. The molecule has 0 aromatic carbocycles. The normalized spacial score (nSPS) is 12.3. The summed E-state index contributed by atoms with van der Waals surface area (Å²) in [5.41, 5.74) is 1.73. The van der Waals surface area contributed by atoms with Crippen molar-refractivity contribution >= 4 is 28.8 Å². The molecule has 7 heteroatoms. The first-order chi connectivity index (χ1) is 8.72. The van der Waals surface area contributed by atoms with Crippen molar-refractivity contribution in [3.8, 4) is 0 Å². The third kappa shape index (κ3) is 2.92. The Labute approximate surface area is 113 Å². The fraction of sp³-hybridized carbons (Fsp3) is 0.364. The molecule has 0 saturated carbocycles. The van der Waals surface area contributed by atoms with Gasteiger partial charge in [0.25, 0.3) is 5.91 Å². The van der Waals surface area contributed by atoms with Crippen molar-refractivity contribution in [3.63, 3.8) is 0 Å². The van der Waals surface area contributed by atoms with Gasteiger partial charge in [0.05, 0.1) is 5.69 Å². The summed E-state index contributed by atoms with van der Waals surface area (Å²) >= 11 is 2.71. The summed E-state index contributed by atoms with van der Waals surface area (Å²) in [7, 11) is 1.63. The van der Waals surface area contributed by atoms with E-state index in [0.717, 1.165) is 17.1 Å². The monoisotopic (exact) mass is 283 g/mol. The molecule has 2 aromatic rings. The van der Waals surface area contributed by atoms with Crippen LogP contribution in [0.3, 0.4) is 0 Å². The zero-order valence-corrected chi connectivity index (χ0v) is 11.7. The minimum Gasteiger partial charge on any atom is -0.375 e. The van der Waals surface area contributed by atoms with E-state index in [1.165, 1.54) is 0 Å². The van der Waals surface area contributed by atoms with E-state index in [1.807, 2.05) is 16.8 Å². The molecule has 18 heavy (non-hydrogen) atoms. The second-order valence-electron chi connectivity index (χ2n) is 3.68. The third-order valence-corrected chi connectivity index (χ3v) is 4.03. The summed E-state index contributed by atoms with van der Waals surface area (Å²) in [6.45, 7) is 2.20. The Kier molecular flexibility index (Phi) is 4.40. The van der Waals surface area contributed by atoms with Crippen LogP contribution in [0.15, 0.2) is 16.8 Å². The number of hydrogen-bond acceptors (Lipinski definition) is 6. The summed E-state index contributed by atoms with van der Waals surface area (Å²) in [6, 6.07) is 1.99. The van der Waals surface area contributed by atoms with Crippen LogP contribution in [0.5, 0.6) is 0 Å². The first-order valence-electron chi connectivity index (χ1n) is 5.34. The largest absolute Gasteiger partial charge is 0.375 e. The van der Waals surface area contributed by atoms with E-state index in [2.05, 4.69) is 14.9 Å². The van der Waals surface area contributed by atoms with E-state index < -0.39 is 0 Å². The lowest BCUT2D eigenvalue weighted by atomic mass is 10.2. The van der Waals surface area contributed by atoms with Crippen molar-refractivity contribution in [2.75, 3.05) is 13.7 Å². The highest BCUT2D eigenvalue weighted by Crippen LogP contribution is 2.19. The first kappa shape index (κ1) is 13.1. The van der Waals surface area contributed by atoms with Crippen LogP contribution >= 0.6 is 22.9 Å². The molecule has 1 N–H and O–H groups in total. The van der Waals surface area contributed by atoms with Gasteiger partial charge in [-0.1, -0.05) is 4.49 Å². The molecule has 0 aliphatic rings.